The number of hydrogen-bond acceptors (Lipinski definition) is 12. The summed E-state index contributed by atoms with van der Waals surface area (Å²) < 4.78 is 11.7. The van der Waals surface area contributed by atoms with E-state index in [1.807, 2.05) is 69.6 Å². The zero-order chi connectivity index (χ0) is 41.8. The number of rotatable bonds is 13. The molecule has 6 heterocycles. The molecule has 6 aromatic rings. The molecular formula is C44H47ClN8O6S. The number of ether oxygens (including phenoxy) is 1. The van der Waals surface area contributed by atoms with Crippen LogP contribution >= 0.6 is 22.9 Å². The summed E-state index contributed by atoms with van der Waals surface area (Å²) in [6.07, 6.45) is -0.679. The maximum absolute atomic E-state index is 14.2. The smallest absolute Gasteiger partial charge is 0.254 e. The fourth-order valence-corrected chi connectivity index (χ4v) is 10.3. The van der Waals surface area contributed by atoms with Crippen LogP contribution in [0.15, 0.2) is 70.7 Å². The number of aromatic hydroxyl groups is 1. The zero-order valence-electron chi connectivity index (χ0n) is 33.7. The quantitative estimate of drug-likeness (QED) is 0.0970. The van der Waals surface area contributed by atoms with Crippen LogP contribution in [0.1, 0.15) is 67.8 Å². The average Bonchev–Trinajstić information content (AvgIpc) is 3.90. The molecule has 7 atom stereocenters. The minimum absolute atomic E-state index is 0.0504. The predicted molar refractivity (Wildman–Crippen MR) is 227 cm³/mol. The highest BCUT2D eigenvalue weighted by molar-refractivity contribution is 7.13. The van der Waals surface area contributed by atoms with E-state index in [4.69, 9.17) is 20.9 Å². The van der Waals surface area contributed by atoms with Gasteiger partial charge in [0.15, 0.2) is 11.4 Å². The molecule has 4 N–H and O–H groups in total. The van der Waals surface area contributed by atoms with Gasteiger partial charge in [-0.25, -0.2) is 4.98 Å². The van der Waals surface area contributed by atoms with Gasteiger partial charge in [0.1, 0.15) is 24.3 Å². The molecule has 3 aliphatic rings. The Morgan fingerprint density at radius 2 is 1.83 bits per heavy atom. The van der Waals surface area contributed by atoms with Gasteiger partial charge in [-0.3, -0.25) is 14.5 Å². The number of aromatic amines is 1. The van der Waals surface area contributed by atoms with Crippen LogP contribution in [-0.2, 0) is 9.59 Å². The lowest BCUT2D eigenvalue weighted by atomic mass is 9.91. The number of halogens is 1. The summed E-state index contributed by atoms with van der Waals surface area (Å²) in [5.41, 5.74) is 7.59. The highest BCUT2D eigenvalue weighted by atomic mass is 35.5. The molecule has 14 nitrogen and oxygen atoms in total. The number of amides is 2. The van der Waals surface area contributed by atoms with Crippen LogP contribution in [0.3, 0.4) is 0 Å². The highest BCUT2D eigenvalue weighted by Gasteiger charge is 2.57. The number of piperidine rings is 1. The van der Waals surface area contributed by atoms with Gasteiger partial charge in [-0.05, 0) is 66.1 Å². The van der Waals surface area contributed by atoms with Crippen molar-refractivity contribution < 1.29 is 29.1 Å². The normalized spacial score (nSPS) is 22.3. The standard InChI is InChI=1S/C44H47ClN8O6S/c1-22(2)37(44(57)53-18-27(54)15-33(53)43(56)47-23(3)25-9-11-26(12-10-25)41-24(4)46-21-60-41)35-17-36(51-59-35)58-14-13-52-19-30-31(20-52)38(30)40-39(45)29-16-32(49-50-42(29)48-40)28-7-5-6-8-34(28)55/h5-12,16-17,21-23,27,30-31,33,37-38,54-55H,13-15,18-20H2,1-4H3,(H,47,56)(H,48,50)/t23-,27+,30-,31+,33-,37+,38+/m0/s1. The Kier molecular flexibility index (Phi) is 10.9. The largest absolute Gasteiger partial charge is 0.507 e. The van der Waals surface area contributed by atoms with Crippen molar-refractivity contribution in [1.82, 2.24) is 40.4 Å². The second-order valence-corrected chi connectivity index (χ2v) is 17.9. The molecule has 0 radical (unpaired) electrons. The number of phenolic OH excluding ortho intramolecular Hbond substituents is 1. The number of aryl methyl sites for hydroxylation is 1. The maximum atomic E-state index is 14.2. The molecule has 60 heavy (non-hydrogen) atoms. The van der Waals surface area contributed by atoms with Gasteiger partial charge in [0.2, 0.25) is 11.8 Å². The number of para-hydroxylation sites is 1. The van der Waals surface area contributed by atoms with Gasteiger partial charge in [0, 0.05) is 61.2 Å². The van der Waals surface area contributed by atoms with Crippen LogP contribution in [0, 0.1) is 24.7 Å². The summed E-state index contributed by atoms with van der Waals surface area (Å²) >= 11 is 8.50. The van der Waals surface area contributed by atoms with E-state index in [1.54, 1.807) is 35.6 Å². The molecule has 0 unspecified atom stereocenters. The van der Waals surface area contributed by atoms with Gasteiger partial charge in [0.05, 0.1) is 38.9 Å². The number of H-pyrrole nitrogens is 1. The Morgan fingerprint density at radius 1 is 1.07 bits per heavy atom. The van der Waals surface area contributed by atoms with E-state index in [-0.39, 0.29) is 42.5 Å². The third kappa shape index (κ3) is 7.63. The first-order chi connectivity index (χ1) is 28.9. The first kappa shape index (κ1) is 40.1. The van der Waals surface area contributed by atoms with Crippen LogP contribution in [0.25, 0.3) is 32.7 Å². The number of hydrogen-bond donors (Lipinski definition) is 4. The number of fused-ring (bicyclic) bond motifs is 2. The Morgan fingerprint density at radius 3 is 2.55 bits per heavy atom. The third-order valence-electron chi connectivity index (χ3n) is 12.3. The van der Waals surface area contributed by atoms with E-state index in [1.165, 1.54) is 4.90 Å². The number of nitrogens with one attached hydrogen (secondary N) is 2. The van der Waals surface area contributed by atoms with Crippen molar-refractivity contribution in [3.63, 3.8) is 0 Å². The van der Waals surface area contributed by atoms with Crippen LogP contribution in [0.4, 0.5) is 0 Å². The minimum Gasteiger partial charge on any atom is -0.507 e. The summed E-state index contributed by atoms with van der Waals surface area (Å²) in [7, 11) is 0. The minimum atomic E-state index is -0.830. The van der Waals surface area contributed by atoms with Crippen LogP contribution in [0.5, 0.6) is 11.6 Å². The van der Waals surface area contributed by atoms with Crippen LogP contribution in [0.2, 0.25) is 5.02 Å². The number of aliphatic hydroxyl groups excluding tert-OH is 1. The number of carbonyl (C=O) groups excluding carboxylic acids is 2. The molecule has 3 fully saturated rings. The second-order valence-electron chi connectivity index (χ2n) is 16.6. The van der Waals surface area contributed by atoms with E-state index in [0.29, 0.717) is 64.5 Å². The van der Waals surface area contributed by atoms with Gasteiger partial charge >= 0.3 is 0 Å². The van der Waals surface area contributed by atoms with Crippen LogP contribution < -0.4 is 10.1 Å². The molecular weight excluding hydrogens is 804 g/mol. The topological polar surface area (TPSA) is 183 Å². The summed E-state index contributed by atoms with van der Waals surface area (Å²) in [5.74, 6) is 0.492. The van der Waals surface area contributed by atoms with Gasteiger partial charge in [-0.15, -0.1) is 21.5 Å². The summed E-state index contributed by atoms with van der Waals surface area (Å²) in [6, 6.07) is 17.4. The van der Waals surface area contributed by atoms with E-state index < -0.39 is 18.1 Å². The molecule has 2 aliphatic heterocycles. The first-order valence-corrected chi connectivity index (χ1v) is 21.6. The van der Waals surface area contributed by atoms with Crippen molar-refractivity contribution in [2.75, 3.05) is 32.8 Å². The fourth-order valence-electron chi connectivity index (χ4n) is 9.14. The molecule has 0 bridgehead atoms. The number of carbonyl (C=O) groups is 2. The molecule has 2 aromatic carbocycles. The first-order valence-electron chi connectivity index (χ1n) is 20.4. The molecule has 312 valence electrons. The number of β-amino-alcohol motifs (C(OH)–C–C–N with tert-alkyl or cyclic N) is 1. The maximum Gasteiger partial charge on any atom is 0.254 e. The lowest BCUT2D eigenvalue weighted by Gasteiger charge is -2.29. The molecule has 2 amide bonds. The highest BCUT2D eigenvalue weighted by Crippen LogP contribution is 2.59. The van der Waals surface area contributed by atoms with Gasteiger partial charge < -0.3 is 34.7 Å². The lowest BCUT2D eigenvalue weighted by Crippen LogP contribution is -2.48. The molecule has 9 rings (SSSR count). The Balaban J connectivity index is 0.779. The molecule has 16 heteroatoms. The number of likely N-dealkylation sites (tertiary alicyclic amines) is 2. The number of nitrogens with zero attached hydrogens (tertiary/aromatic N) is 6. The monoisotopic (exact) mass is 850 g/mol. The van der Waals surface area contributed by atoms with Gasteiger partial charge in [0.25, 0.3) is 5.88 Å². The molecule has 2 saturated heterocycles. The van der Waals surface area contributed by atoms with E-state index in [0.717, 1.165) is 45.9 Å². The Labute approximate surface area is 355 Å². The average molecular weight is 851 g/mol. The van der Waals surface area contributed by atoms with E-state index in [2.05, 4.69) is 35.5 Å². The third-order valence-corrected chi connectivity index (χ3v) is 13.7. The number of thiazole rings is 1. The van der Waals surface area contributed by atoms with Crippen molar-refractivity contribution in [3.8, 4) is 33.3 Å². The fraction of sp³-hybridized carbons (Fsp3) is 0.409. The Hall–Kier alpha value is -5.35. The number of aromatic nitrogens is 5. The summed E-state index contributed by atoms with van der Waals surface area (Å²) in [4.78, 5) is 40.5. The van der Waals surface area contributed by atoms with E-state index in [9.17, 15) is 19.8 Å². The number of phenols is 1. The second kappa shape index (κ2) is 16.3. The SMILES string of the molecule is Cc1ncsc1-c1ccc([C@H](C)NC(=O)[C@@H]2C[C@@H](O)CN2C(=O)[C@@H](c2cc(OCCN3C[C@@H]4[C@H](C3)[C@H]4c3[nH]c4nnc(-c5ccccc5O)cc4c3Cl)no2)C(C)C)cc1. The lowest BCUT2D eigenvalue weighted by molar-refractivity contribution is -0.141. The van der Waals surface area contributed by atoms with Crippen molar-refractivity contribution in [1.29, 1.82) is 0 Å². The zero-order valence-corrected chi connectivity index (χ0v) is 35.3. The Bertz CT molecular complexity index is 2530. The molecule has 1 aliphatic carbocycles. The molecule has 1 saturated carbocycles. The number of aliphatic hydroxyl groups is 1. The predicted octanol–water partition coefficient (Wildman–Crippen LogP) is 6.71. The summed E-state index contributed by atoms with van der Waals surface area (Å²) in [6.45, 7) is 10.7. The molecule has 0 spiro atoms. The van der Waals surface area contributed by atoms with Crippen molar-refractivity contribution in [3.05, 3.63) is 93.9 Å². The van der Waals surface area contributed by atoms with Crippen molar-refractivity contribution in [2.45, 2.75) is 64.1 Å². The number of benzene rings is 2. The summed E-state index contributed by atoms with van der Waals surface area (Å²) in [5, 5.41) is 38.3. The van der Waals surface area contributed by atoms with Crippen LogP contribution in [-0.4, -0.2) is 102 Å². The van der Waals surface area contributed by atoms with Gasteiger partial charge in [-0.1, -0.05) is 61.8 Å². The molecule has 4 aromatic heterocycles. The van der Waals surface area contributed by atoms with Crippen molar-refractivity contribution >= 4 is 45.8 Å². The van der Waals surface area contributed by atoms with Gasteiger partial charge in [-0.2, -0.15) is 0 Å². The van der Waals surface area contributed by atoms with Crippen molar-refractivity contribution in [2.24, 2.45) is 17.8 Å². The van der Waals surface area contributed by atoms with E-state index >= 15 is 0 Å².